The van der Waals surface area contributed by atoms with Crippen LogP contribution in [0.1, 0.15) is 13.3 Å². The third kappa shape index (κ3) is 3.47. The van der Waals surface area contributed by atoms with Crippen LogP contribution in [0.4, 0.5) is 5.69 Å². The Morgan fingerprint density at radius 2 is 1.95 bits per heavy atom. The quantitative estimate of drug-likeness (QED) is 0.854. The number of hydrogen-bond acceptors (Lipinski definition) is 1. The van der Waals surface area contributed by atoms with Gasteiger partial charge in [-0.05, 0) is 37.6 Å². The van der Waals surface area contributed by atoms with E-state index in [4.69, 9.17) is 28.6 Å². The number of rotatable bonds is 4. The molecule has 3 nitrogen and oxygen atoms in total. The molecule has 0 spiro atoms. The predicted molar refractivity (Wildman–Crippen MR) is 85.3 cm³/mol. The highest BCUT2D eigenvalue weighted by atomic mass is 35.5. The number of hydrogen-bond donors (Lipinski definition) is 1. The molecule has 0 amide bonds. The molecule has 1 unspecified atom stereocenters. The number of benzene rings is 1. The number of guanidine groups is 1. The lowest BCUT2D eigenvalue weighted by Crippen LogP contribution is -2.35. The first kappa shape index (κ1) is 16.4. The van der Waals surface area contributed by atoms with Gasteiger partial charge in [0, 0.05) is 29.7 Å². The van der Waals surface area contributed by atoms with E-state index in [1.54, 1.807) is 0 Å². The van der Waals surface area contributed by atoms with Gasteiger partial charge in [-0.15, -0.1) is 24.0 Å². The van der Waals surface area contributed by atoms with Crippen molar-refractivity contribution in [1.82, 2.24) is 4.90 Å². The zero-order valence-corrected chi connectivity index (χ0v) is 13.1. The largest absolute Gasteiger partial charge is 0.341 e. The molecular weight excluding hydrogens is 305 g/mol. The normalized spacial score (nSPS) is 18.7. The summed E-state index contributed by atoms with van der Waals surface area (Å²) in [5.74, 6) is 1.16. The molecule has 1 aromatic carbocycles. The number of halogens is 3. The van der Waals surface area contributed by atoms with Crippen molar-refractivity contribution in [2.45, 2.75) is 19.4 Å². The zero-order valence-electron chi connectivity index (χ0n) is 10.8. The highest BCUT2D eigenvalue weighted by molar-refractivity contribution is 6.30. The number of alkyl halides is 1. The van der Waals surface area contributed by atoms with E-state index < -0.39 is 0 Å². The molecule has 0 radical (unpaired) electrons. The highest BCUT2D eigenvalue weighted by Crippen LogP contribution is 2.27. The second-order valence-corrected chi connectivity index (χ2v) is 5.15. The summed E-state index contributed by atoms with van der Waals surface area (Å²) in [5, 5.41) is 8.95. The van der Waals surface area contributed by atoms with Gasteiger partial charge in [0.05, 0.1) is 6.04 Å². The second-order valence-electron chi connectivity index (χ2n) is 4.34. The maximum atomic E-state index is 8.24. The van der Waals surface area contributed by atoms with E-state index in [0.29, 0.717) is 16.9 Å². The van der Waals surface area contributed by atoms with Gasteiger partial charge in [0.2, 0.25) is 0 Å². The average molecular weight is 323 g/mol. The van der Waals surface area contributed by atoms with E-state index in [1.165, 1.54) is 0 Å². The van der Waals surface area contributed by atoms with Gasteiger partial charge < -0.3 is 9.80 Å². The fourth-order valence-electron chi connectivity index (χ4n) is 2.31. The molecule has 1 aromatic rings. The van der Waals surface area contributed by atoms with Crippen LogP contribution in [0.5, 0.6) is 0 Å². The number of likely N-dealkylation sites (N-methyl/N-ethyl adjacent to an activating group) is 1. The van der Waals surface area contributed by atoms with E-state index in [9.17, 15) is 0 Å². The van der Waals surface area contributed by atoms with Gasteiger partial charge in [-0.2, -0.15) is 0 Å². The molecule has 1 saturated heterocycles. The third-order valence-electron chi connectivity index (χ3n) is 3.25. The molecule has 1 N–H and O–H groups in total. The van der Waals surface area contributed by atoms with Crippen LogP contribution in [0.2, 0.25) is 5.02 Å². The van der Waals surface area contributed by atoms with Gasteiger partial charge in [-0.1, -0.05) is 11.6 Å². The van der Waals surface area contributed by atoms with Gasteiger partial charge in [0.25, 0.3) is 0 Å². The summed E-state index contributed by atoms with van der Waals surface area (Å²) >= 11 is 11.8. The molecule has 2 rings (SSSR count). The van der Waals surface area contributed by atoms with Crippen molar-refractivity contribution in [3.63, 3.8) is 0 Å². The molecule has 0 bridgehead atoms. The summed E-state index contributed by atoms with van der Waals surface area (Å²) in [6.07, 6.45) is 0.878. The molecule has 6 heteroatoms. The molecule has 1 atom stereocenters. The Hall–Kier alpha value is -0.640. The molecule has 106 valence electrons. The maximum Gasteiger partial charge on any atom is 0.198 e. The van der Waals surface area contributed by atoms with Crippen LogP contribution in [0, 0.1) is 5.41 Å². The minimum absolute atomic E-state index is 0. The highest BCUT2D eigenvalue weighted by Gasteiger charge is 2.33. The first-order chi connectivity index (χ1) is 8.67. The Balaban J connectivity index is 0.00000180. The van der Waals surface area contributed by atoms with Crippen molar-refractivity contribution in [3.05, 3.63) is 29.3 Å². The summed E-state index contributed by atoms with van der Waals surface area (Å²) in [6.45, 7) is 3.78. The summed E-state index contributed by atoms with van der Waals surface area (Å²) in [5.41, 5.74) is 1.01. The van der Waals surface area contributed by atoms with Crippen LogP contribution in [0.3, 0.4) is 0 Å². The summed E-state index contributed by atoms with van der Waals surface area (Å²) in [7, 11) is 0. The summed E-state index contributed by atoms with van der Waals surface area (Å²) in [6, 6.07) is 7.90. The zero-order chi connectivity index (χ0) is 13.1. The second kappa shape index (κ2) is 7.22. The monoisotopic (exact) mass is 321 g/mol. The van der Waals surface area contributed by atoms with Gasteiger partial charge in [-0.25, -0.2) is 0 Å². The molecular formula is C13H18Cl3N3. The summed E-state index contributed by atoms with van der Waals surface area (Å²) < 4.78 is 0. The summed E-state index contributed by atoms with van der Waals surface area (Å²) in [4.78, 5) is 4.11. The van der Waals surface area contributed by atoms with Crippen LogP contribution in [0.25, 0.3) is 0 Å². The van der Waals surface area contributed by atoms with Crippen molar-refractivity contribution in [1.29, 1.82) is 5.41 Å². The smallest absolute Gasteiger partial charge is 0.198 e. The molecule has 1 fully saturated rings. The molecule has 0 aliphatic carbocycles. The Labute approximate surface area is 130 Å². The molecule has 19 heavy (non-hydrogen) atoms. The lowest BCUT2D eigenvalue weighted by atomic mass is 10.2. The average Bonchev–Trinajstić information content (AvgIpc) is 2.68. The molecule has 1 aliphatic heterocycles. The molecule has 1 aliphatic rings. The van der Waals surface area contributed by atoms with Gasteiger partial charge in [-0.3, -0.25) is 5.41 Å². The number of anilines is 1. The fourth-order valence-corrected chi connectivity index (χ4v) is 2.69. The Morgan fingerprint density at radius 1 is 1.32 bits per heavy atom. The van der Waals surface area contributed by atoms with E-state index in [0.717, 1.165) is 25.2 Å². The van der Waals surface area contributed by atoms with Crippen LogP contribution in [0.15, 0.2) is 24.3 Å². The lowest BCUT2D eigenvalue weighted by Gasteiger charge is -2.24. The van der Waals surface area contributed by atoms with Crippen molar-refractivity contribution >= 4 is 47.3 Å². The topological polar surface area (TPSA) is 30.3 Å². The Morgan fingerprint density at radius 3 is 2.47 bits per heavy atom. The van der Waals surface area contributed by atoms with Crippen LogP contribution >= 0.6 is 35.6 Å². The maximum absolute atomic E-state index is 8.24. The van der Waals surface area contributed by atoms with Gasteiger partial charge in [0.15, 0.2) is 5.96 Å². The molecule has 0 aromatic heterocycles. The van der Waals surface area contributed by atoms with Crippen molar-refractivity contribution in [3.8, 4) is 0 Å². The van der Waals surface area contributed by atoms with Crippen molar-refractivity contribution < 1.29 is 0 Å². The van der Waals surface area contributed by atoms with Gasteiger partial charge >= 0.3 is 0 Å². The molecule has 1 heterocycles. The molecule has 0 saturated carbocycles. The van der Waals surface area contributed by atoms with Gasteiger partial charge in [0.1, 0.15) is 0 Å². The predicted octanol–water partition coefficient (Wildman–Crippen LogP) is 3.84. The van der Waals surface area contributed by atoms with Crippen LogP contribution in [-0.2, 0) is 0 Å². The number of nitrogens with one attached hydrogen (secondary N) is 1. The first-order valence-corrected chi connectivity index (χ1v) is 7.03. The number of nitrogens with zero attached hydrogens (tertiary/aromatic N) is 2. The third-order valence-corrected chi connectivity index (χ3v) is 3.72. The van der Waals surface area contributed by atoms with E-state index in [2.05, 4.69) is 11.8 Å². The minimum atomic E-state index is 0. The van der Waals surface area contributed by atoms with E-state index in [1.807, 2.05) is 29.2 Å². The fraction of sp³-hybridized carbons (Fsp3) is 0.462. The van der Waals surface area contributed by atoms with E-state index >= 15 is 0 Å². The van der Waals surface area contributed by atoms with Crippen LogP contribution < -0.4 is 4.90 Å². The van der Waals surface area contributed by atoms with Crippen LogP contribution in [-0.4, -0.2) is 35.9 Å². The van der Waals surface area contributed by atoms with Crippen molar-refractivity contribution in [2.75, 3.05) is 23.9 Å². The van der Waals surface area contributed by atoms with E-state index in [-0.39, 0.29) is 18.4 Å². The first-order valence-electron chi connectivity index (χ1n) is 6.11. The van der Waals surface area contributed by atoms with Crippen molar-refractivity contribution in [2.24, 2.45) is 0 Å². The lowest BCUT2D eigenvalue weighted by molar-refractivity contribution is 0.449. The minimum Gasteiger partial charge on any atom is -0.341 e. The Kier molecular flexibility index (Phi) is 6.24. The SMILES string of the molecule is CCN1CC(CCCl)N(c2ccc(Cl)cc2)C1=N.Cl. The standard InChI is InChI=1S/C13H17Cl2N3.ClH/c1-2-17-9-12(7-8-14)18(13(17)16)11-5-3-10(15)4-6-11;/h3-6,12,16H,2,7-9H2,1H3;1H. The Bertz CT molecular complexity index is 422.